The number of alkyl halides is 2. The Labute approximate surface area is 84.6 Å². The van der Waals surface area contributed by atoms with Crippen LogP contribution in [0.25, 0.3) is 5.82 Å². The number of rotatable bonds is 2. The highest BCUT2D eigenvalue weighted by atomic mass is 19.3. The Morgan fingerprint density at radius 3 is 2.73 bits per heavy atom. The summed E-state index contributed by atoms with van der Waals surface area (Å²) in [4.78, 5) is 7.83. The lowest BCUT2D eigenvalue weighted by atomic mass is 10.4. The molecule has 0 fully saturated rings. The Kier molecular flexibility index (Phi) is 2.40. The zero-order valence-electron chi connectivity index (χ0n) is 7.93. The highest BCUT2D eigenvalue weighted by molar-refractivity contribution is 5.22. The number of aryl methyl sites for hydroxylation is 1. The third-order valence-corrected chi connectivity index (χ3v) is 1.86. The molecule has 0 amide bonds. The van der Waals surface area contributed by atoms with Gasteiger partial charge in [-0.3, -0.25) is 0 Å². The van der Waals surface area contributed by atoms with Crippen molar-refractivity contribution in [2.24, 2.45) is 0 Å². The van der Waals surface area contributed by atoms with Crippen LogP contribution >= 0.6 is 0 Å². The van der Waals surface area contributed by atoms with Crippen molar-refractivity contribution < 1.29 is 8.78 Å². The number of aromatic nitrogens is 4. The third-order valence-electron chi connectivity index (χ3n) is 1.86. The van der Waals surface area contributed by atoms with Crippen molar-refractivity contribution in [3.63, 3.8) is 0 Å². The molecule has 0 aliphatic rings. The molecule has 0 aliphatic heterocycles. The highest BCUT2D eigenvalue weighted by Gasteiger charge is 2.11. The highest BCUT2D eigenvalue weighted by Crippen LogP contribution is 2.16. The summed E-state index contributed by atoms with van der Waals surface area (Å²) < 4.78 is 25.8. The predicted octanol–water partition coefficient (Wildman–Crippen LogP) is 1.91. The van der Waals surface area contributed by atoms with E-state index in [4.69, 9.17) is 0 Å². The quantitative estimate of drug-likeness (QED) is 0.760. The predicted molar refractivity (Wildman–Crippen MR) is 48.8 cm³/mol. The number of nitrogens with zero attached hydrogens (tertiary/aromatic N) is 4. The first-order valence-electron chi connectivity index (χ1n) is 4.29. The average molecular weight is 210 g/mol. The molecular weight excluding hydrogens is 202 g/mol. The molecule has 0 radical (unpaired) electrons. The Hall–Kier alpha value is -1.85. The summed E-state index contributed by atoms with van der Waals surface area (Å²) in [5.41, 5.74) is 0.500. The molecule has 2 aromatic rings. The van der Waals surface area contributed by atoms with E-state index in [1.807, 2.05) is 0 Å². The van der Waals surface area contributed by atoms with Gasteiger partial charge in [0.2, 0.25) is 0 Å². The van der Waals surface area contributed by atoms with Crippen LogP contribution in [0.3, 0.4) is 0 Å². The van der Waals surface area contributed by atoms with Gasteiger partial charge in [-0.2, -0.15) is 5.10 Å². The van der Waals surface area contributed by atoms with Gasteiger partial charge in [-0.15, -0.1) is 0 Å². The molecule has 0 bridgehead atoms. The molecule has 6 heteroatoms. The van der Waals surface area contributed by atoms with Crippen LogP contribution in [0, 0.1) is 6.92 Å². The van der Waals surface area contributed by atoms with Crippen LogP contribution in [0.1, 0.15) is 17.8 Å². The van der Waals surface area contributed by atoms with Crippen LogP contribution in [0.2, 0.25) is 0 Å². The molecule has 2 heterocycles. The maximum absolute atomic E-state index is 12.3. The standard InChI is InChI=1S/C9H8F2N4/c1-6-4-8(13-5-12-6)15-3-2-7(14-15)9(10)11/h2-5,9H,1H3. The van der Waals surface area contributed by atoms with Gasteiger partial charge in [0.05, 0.1) is 0 Å². The molecule has 0 saturated carbocycles. The average Bonchev–Trinajstić information content (AvgIpc) is 2.66. The van der Waals surface area contributed by atoms with Gasteiger partial charge in [0.25, 0.3) is 6.43 Å². The maximum Gasteiger partial charge on any atom is 0.282 e. The van der Waals surface area contributed by atoms with E-state index in [9.17, 15) is 8.78 Å². The lowest BCUT2D eigenvalue weighted by molar-refractivity contribution is 0.145. The lowest BCUT2D eigenvalue weighted by Crippen LogP contribution is -2.00. The van der Waals surface area contributed by atoms with Gasteiger partial charge in [-0.1, -0.05) is 0 Å². The monoisotopic (exact) mass is 210 g/mol. The minimum absolute atomic E-state index is 0.258. The van der Waals surface area contributed by atoms with Crippen molar-refractivity contribution in [2.75, 3.05) is 0 Å². The first kappa shape index (κ1) is 9.70. The van der Waals surface area contributed by atoms with E-state index in [0.717, 1.165) is 5.69 Å². The Morgan fingerprint density at radius 1 is 1.33 bits per heavy atom. The first-order valence-corrected chi connectivity index (χ1v) is 4.29. The van der Waals surface area contributed by atoms with Crippen LogP contribution in [-0.2, 0) is 0 Å². The van der Waals surface area contributed by atoms with Crippen LogP contribution < -0.4 is 0 Å². The van der Waals surface area contributed by atoms with E-state index in [2.05, 4.69) is 15.1 Å². The van der Waals surface area contributed by atoms with Gasteiger partial charge < -0.3 is 0 Å². The molecule has 2 aromatic heterocycles. The summed E-state index contributed by atoms with van der Waals surface area (Å²) >= 11 is 0. The van der Waals surface area contributed by atoms with E-state index < -0.39 is 6.43 Å². The first-order chi connectivity index (χ1) is 7.16. The van der Waals surface area contributed by atoms with Gasteiger partial charge >= 0.3 is 0 Å². The SMILES string of the molecule is Cc1cc(-n2ccc(C(F)F)n2)ncn1. The zero-order chi connectivity index (χ0) is 10.8. The minimum Gasteiger partial charge on any atom is -0.242 e. The fraction of sp³-hybridized carbons (Fsp3) is 0.222. The molecule has 0 unspecified atom stereocenters. The largest absolute Gasteiger partial charge is 0.282 e. The van der Waals surface area contributed by atoms with Crippen LogP contribution in [0.4, 0.5) is 8.78 Å². The van der Waals surface area contributed by atoms with Crippen molar-refractivity contribution >= 4 is 0 Å². The van der Waals surface area contributed by atoms with Gasteiger partial charge in [-0.25, -0.2) is 23.4 Å². The third kappa shape index (κ3) is 1.98. The maximum atomic E-state index is 12.3. The smallest absolute Gasteiger partial charge is 0.242 e. The molecule has 15 heavy (non-hydrogen) atoms. The van der Waals surface area contributed by atoms with E-state index >= 15 is 0 Å². The summed E-state index contributed by atoms with van der Waals surface area (Å²) in [5.74, 6) is 0.481. The van der Waals surface area contributed by atoms with Crippen molar-refractivity contribution in [2.45, 2.75) is 13.3 Å². The van der Waals surface area contributed by atoms with Gasteiger partial charge in [-0.05, 0) is 13.0 Å². The molecule has 78 valence electrons. The second-order valence-electron chi connectivity index (χ2n) is 3.00. The zero-order valence-corrected chi connectivity index (χ0v) is 7.93. The Morgan fingerprint density at radius 2 is 2.13 bits per heavy atom. The van der Waals surface area contributed by atoms with E-state index in [1.54, 1.807) is 13.0 Å². The van der Waals surface area contributed by atoms with E-state index in [1.165, 1.54) is 23.3 Å². The van der Waals surface area contributed by atoms with Crippen molar-refractivity contribution in [1.29, 1.82) is 0 Å². The minimum atomic E-state index is -2.56. The Balaban J connectivity index is 2.37. The summed E-state index contributed by atoms with van der Waals surface area (Å²) in [7, 11) is 0. The fourth-order valence-corrected chi connectivity index (χ4v) is 1.15. The van der Waals surface area contributed by atoms with Crippen LogP contribution in [0.5, 0.6) is 0 Å². The molecule has 2 rings (SSSR count). The molecule has 0 spiro atoms. The van der Waals surface area contributed by atoms with E-state index in [-0.39, 0.29) is 5.69 Å². The van der Waals surface area contributed by atoms with Gasteiger partial charge in [0, 0.05) is 18.0 Å². The molecule has 0 aromatic carbocycles. The second kappa shape index (κ2) is 3.72. The van der Waals surface area contributed by atoms with Crippen LogP contribution in [0.15, 0.2) is 24.7 Å². The summed E-state index contributed by atoms with van der Waals surface area (Å²) in [6.07, 6.45) is 0.256. The van der Waals surface area contributed by atoms with Crippen molar-refractivity contribution in [1.82, 2.24) is 19.7 Å². The lowest BCUT2D eigenvalue weighted by Gasteiger charge is -1.99. The molecule has 0 N–H and O–H groups in total. The summed E-state index contributed by atoms with van der Waals surface area (Å²) in [6.45, 7) is 1.79. The van der Waals surface area contributed by atoms with Crippen LogP contribution in [-0.4, -0.2) is 19.7 Å². The molecule has 0 aliphatic carbocycles. The van der Waals surface area contributed by atoms with E-state index in [0.29, 0.717) is 5.82 Å². The van der Waals surface area contributed by atoms with Gasteiger partial charge in [0.1, 0.15) is 12.0 Å². The second-order valence-corrected chi connectivity index (χ2v) is 3.00. The normalized spacial score (nSPS) is 10.9. The molecule has 0 saturated heterocycles. The Bertz CT molecular complexity index is 467. The number of halogens is 2. The number of hydrogen-bond acceptors (Lipinski definition) is 3. The van der Waals surface area contributed by atoms with Gasteiger partial charge in [0.15, 0.2) is 5.82 Å². The fourth-order valence-electron chi connectivity index (χ4n) is 1.15. The molecule has 0 atom stereocenters. The summed E-state index contributed by atoms with van der Waals surface area (Å²) in [5, 5.41) is 3.70. The molecular formula is C9H8F2N4. The summed E-state index contributed by atoms with van der Waals surface area (Å²) in [6, 6.07) is 2.93. The molecule has 4 nitrogen and oxygen atoms in total. The van der Waals surface area contributed by atoms with Crippen molar-refractivity contribution in [3.8, 4) is 5.82 Å². The van der Waals surface area contributed by atoms with Crippen molar-refractivity contribution in [3.05, 3.63) is 36.0 Å². The topological polar surface area (TPSA) is 43.6 Å². The number of hydrogen-bond donors (Lipinski definition) is 0.